The van der Waals surface area contributed by atoms with E-state index in [1.165, 1.54) is 6.04 Å². The molecule has 13 heavy (non-hydrogen) atoms. The molecule has 0 spiro atoms. The van der Waals surface area contributed by atoms with Crippen LogP contribution in [-0.4, -0.2) is 21.5 Å². The zero-order valence-corrected chi connectivity index (χ0v) is 10.3. The Bertz CT molecular complexity index is 144. The molecule has 78 valence electrons. The normalized spacial score (nSPS) is 12.3. The second-order valence-electron chi connectivity index (χ2n) is 3.64. The summed E-state index contributed by atoms with van der Waals surface area (Å²) < 4.78 is 10.9. The van der Waals surface area contributed by atoms with Crippen LogP contribution < -0.4 is 0 Å². The first kappa shape index (κ1) is 12.7. The van der Waals surface area contributed by atoms with E-state index in [2.05, 4.69) is 20.0 Å². The Morgan fingerprint density at radius 1 is 1.31 bits per heavy atom. The molecular formula is C10H22O2Si. The topological polar surface area (TPSA) is 18.5 Å². The van der Waals surface area contributed by atoms with Crippen molar-refractivity contribution in [1.29, 1.82) is 0 Å². The minimum absolute atomic E-state index is 0.813. The largest absolute Gasteiger partial charge is 0.502 e. The molecule has 0 rings (SSSR count). The van der Waals surface area contributed by atoms with Crippen molar-refractivity contribution in [2.24, 2.45) is 0 Å². The Labute approximate surface area is 83.1 Å². The molecular weight excluding hydrogens is 180 g/mol. The minimum Gasteiger partial charge on any atom is -0.502 e. The highest BCUT2D eigenvalue weighted by Crippen LogP contribution is 2.13. The average molecular weight is 202 g/mol. The monoisotopic (exact) mass is 202 g/mol. The van der Waals surface area contributed by atoms with E-state index in [4.69, 9.17) is 9.16 Å². The Kier molecular flexibility index (Phi) is 7.00. The van der Waals surface area contributed by atoms with Gasteiger partial charge in [-0.3, -0.25) is 0 Å². The molecule has 0 aromatic heterocycles. The number of rotatable bonds is 7. The lowest BCUT2D eigenvalue weighted by Crippen LogP contribution is -2.30. The SMILES string of the molecule is CC=COCCC[Si](C)(C)OCC. The summed E-state index contributed by atoms with van der Waals surface area (Å²) in [4.78, 5) is 0. The van der Waals surface area contributed by atoms with Gasteiger partial charge in [0.05, 0.1) is 12.9 Å². The van der Waals surface area contributed by atoms with Gasteiger partial charge in [0.25, 0.3) is 0 Å². The van der Waals surface area contributed by atoms with E-state index in [0.717, 1.165) is 19.6 Å². The second-order valence-corrected chi connectivity index (χ2v) is 7.94. The highest BCUT2D eigenvalue weighted by molar-refractivity contribution is 6.71. The summed E-state index contributed by atoms with van der Waals surface area (Å²) in [6, 6.07) is 1.18. The zero-order valence-electron chi connectivity index (χ0n) is 9.30. The molecule has 0 saturated carbocycles. The van der Waals surface area contributed by atoms with E-state index in [-0.39, 0.29) is 0 Å². The summed E-state index contributed by atoms with van der Waals surface area (Å²) >= 11 is 0. The predicted octanol–water partition coefficient (Wildman–Crippen LogP) is 3.17. The van der Waals surface area contributed by atoms with Gasteiger partial charge in [-0.2, -0.15) is 0 Å². The third-order valence-corrected chi connectivity index (χ3v) is 4.44. The van der Waals surface area contributed by atoms with Crippen molar-refractivity contribution in [2.75, 3.05) is 13.2 Å². The number of allylic oxidation sites excluding steroid dienone is 1. The van der Waals surface area contributed by atoms with Gasteiger partial charge < -0.3 is 9.16 Å². The lowest BCUT2D eigenvalue weighted by Gasteiger charge is -2.21. The van der Waals surface area contributed by atoms with Crippen LogP contribution in [0.3, 0.4) is 0 Å². The molecule has 0 unspecified atom stereocenters. The Morgan fingerprint density at radius 2 is 2.00 bits per heavy atom. The van der Waals surface area contributed by atoms with Crippen molar-refractivity contribution < 1.29 is 9.16 Å². The van der Waals surface area contributed by atoms with Crippen LogP contribution >= 0.6 is 0 Å². The Hall–Kier alpha value is -0.283. The van der Waals surface area contributed by atoms with Gasteiger partial charge in [0.2, 0.25) is 0 Å². The highest BCUT2D eigenvalue weighted by atomic mass is 28.4. The molecule has 0 radical (unpaired) electrons. The summed E-state index contributed by atoms with van der Waals surface area (Å²) in [5.74, 6) is 0. The van der Waals surface area contributed by atoms with Crippen LogP contribution in [0.4, 0.5) is 0 Å². The smallest absolute Gasteiger partial charge is 0.186 e. The van der Waals surface area contributed by atoms with Gasteiger partial charge >= 0.3 is 0 Å². The van der Waals surface area contributed by atoms with E-state index in [9.17, 15) is 0 Å². The molecule has 0 aliphatic rings. The van der Waals surface area contributed by atoms with Crippen LogP contribution in [0.25, 0.3) is 0 Å². The van der Waals surface area contributed by atoms with Gasteiger partial charge in [-0.25, -0.2) is 0 Å². The number of hydrogen-bond donors (Lipinski definition) is 0. The van der Waals surface area contributed by atoms with Gasteiger partial charge in [-0.05, 0) is 39.4 Å². The molecule has 0 saturated heterocycles. The fraction of sp³-hybridized carbons (Fsp3) is 0.800. The first-order valence-electron chi connectivity index (χ1n) is 4.99. The molecule has 0 atom stereocenters. The molecule has 0 aliphatic heterocycles. The predicted molar refractivity (Wildman–Crippen MR) is 59.3 cm³/mol. The Balaban J connectivity index is 3.39. The van der Waals surface area contributed by atoms with Crippen molar-refractivity contribution in [3.05, 3.63) is 12.3 Å². The maximum Gasteiger partial charge on any atom is 0.186 e. The molecule has 0 heterocycles. The maximum absolute atomic E-state index is 5.70. The van der Waals surface area contributed by atoms with E-state index in [0.29, 0.717) is 0 Å². The Morgan fingerprint density at radius 3 is 2.54 bits per heavy atom. The van der Waals surface area contributed by atoms with E-state index >= 15 is 0 Å². The zero-order chi connectivity index (χ0) is 10.2. The lowest BCUT2D eigenvalue weighted by atomic mass is 10.5. The third-order valence-electron chi connectivity index (χ3n) is 1.81. The fourth-order valence-electron chi connectivity index (χ4n) is 1.21. The van der Waals surface area contributed by atoms with E-state index in [1.54, 1.807) is 6.26 Å². The summed E-state index contributed by atoms with van der Waals surface area (Å²) in [5, 5.41) is 0. The molecule has 3 heteroatoms. The minimum atomic E-state index is -1.37. The highest BCUT2D eigenvalue weighted by Gasteiger charge is 2.20. The summed E-state index contributed by atoms with van der Waals surface area (Å²) in [6.07, 6.45) is 4.75. The van der Waals surface area contributed by atoms with Crippen molar-refractivity contribution in [3.63, 3.8) is 0 Å². The van der Waals surface area contributed by atoms with Gasteiger partial charge in [0.15, 0.2) is 8.32 Å². The molecule has 0 N–H and O–H groups in total. The average Bonchev–Trinajstić information content (AvgIpc) is 2.04. The number of hydrogen-bond acceptors (Lipinski definition) is 2. The quantitative estimate of drug-likeness (QED) is 0.359. The first-order valence-corrected chi connectivity index (χ1v) is 8.10. The van der Waals surface area contributed by atoms with Gasteiger partial charge in [-0.15, -0.1) is 0 Å². The van der Waals surface area contributed by atoms with E-state index in [1.807, 2.05) is 13.0 Å². The van der Waals surface area contributed by atoms with E-state index < -0.39 is 8.32 Å². The van der Waals surface area contributed by atoms with Crippen LogP contribution in [0.15, 0.2) is 12.3 Å². The molecule has 0 fully saturated rings. The maximum atomic E-state index is 5.70. The fourth-order valence-corrected chi connectivity index (χ4v) is 3.13. The molecule has 0 aromatic rings. The van der Waals surface area contributed by atoms with Crippen molar-refractivity contribution in [1.82, 2.24) is 0 Å². The molecule has 0 amide bonds. The van der Waals surface area contributed by atoms with Crippen LogP contribution in [0.1, 0.15) is 20.3 Å². The lowest BCUT2D eigenvalue weighted by molar-refractivity contribution is 0.245. The van der Waals surface area contributed by atoms with Crippen LogP contribution in [0, 0.1) is 0 Å². The van der Waals surface area contributed by atoms with Crippen LogP contribution in [0.5, 0.6) is 0 Å². The number of ether oxygens (including phenoxy) is 1. The molecule has 0 aliphatic carbocycles. The first-order chi connectivity index (χ1) is 6.12. The molecule has 0 aromatic carbocycles. The summed E-state index contributed by atoms with van der Waals surface area (Å²) in [5.41, 5.74) is 0. The van der Waals surface area contributed by atoms with Gasteiger partial charge in [-0.1, -0.05) is 6.08 Å². The standard InChI is InChI=1S/C10H22O2Si/c1-5-8-11-9-7-10-13(3,4)12-6-2/h5,8H,6-7,9-10H2,1-4H3. The summed E-state index contributed by atoms with van der Waals surface area (Å²) in [7, 11) is -1.37. The van der Waals surface area contributed by atoms with Gasteiger partial charge in [0.1, 0.15) is 0 Å². The second kappa shape index (κ2) is 7.15. The van der Waals surface area contributed by atoms with Crippen molar-refractivity contribution in [3.8, 4) is 0 Å². The third kappa shape index (κ3) is 8.06. The summed E-state index contributed by atoms with van der Waals surface area (Å²) in [6.45, 7) is 10.2. The van der Waals surface area contributed by atoms with Gasteiger partial charge in [0, 0.05) is 6.61 Å². The van der Waals surface area contributed by atoms with Crippen molar-refractivity contribution in [2.45, 2.75) is 39.4 Å². The molecule has 2 nitrogen and oxygen atoms in total. The van der Waals surface area contributed by atoms with Crippen molar-refractivity contribution >= 4 is 8.32 Å². The van der Waals surface area contributed by atoms with Crippen LogP contribution in [-0.2, 0) is 9.16 Å². The molecule has 0 bridgehead atoms. The van der Waals surface area contributed by atoms with Crippen LogP contribution in [0.2, 0.25) is 19.1 Å².